The first-order chi connectivity index (χ1) is 54.5. The molecule has 1 rings (SSSR count). The van der Waals surface area contributed by atoms with Gasteiger partial charge in [0, 0.05) is 32.3 Å². The number of guanidine groups is 2. The molecule has 0 aliphatic carbocycles. The van der Waals surface area contributed by atoms with Crippen LogP contribution in [0.15, 0.2) is 30.2 Å². The second kappa shape index (κ2) is 54.8. The summed E-state index contributed by atoms with van der Waals surface area (Å²) in [6.07, 6.45) is -4.27. The molecule has 654 valence electrons. The van der Waals surface area contributed by atoms with Gasteiger partial charge in [-0.3, -0.25) is 101 Å². The highest BCUT2D eigenvalue weighted by Crippen LogP contribution is 2.12. The Hall–Kier alpha value is -10.9. The van der Waals surface area contributed by atoms with E-state index < -0.39 is 230 Å². The van der Waals surface area contributed by atoms with Gasteiger partial charge in [0.05, 0.1) is 54.6 Å². The Morgan fingerprint density at radius 1 is 0.448 bits per heavy atom. The summed E-state index contributed by atoms with van der Waals surface area (Å²) in [6.45, 7) is 4.05. The molecule has 0 saturated carbocycles. The third-order valence-electron chi connectivity index (χ3n) is 17.0. The molecule has 0 radical (unpaired) electrons. The van der Waals surface area contributed by atoms with E-state index in [1.807, 2.05) is 4.98 Å². The molecule has 48 nitrogen and oxygen atoms in total. The molecule has 0 aliphatic rings. The number of aliphatic hydroxyl groups excluding tert-OH is 4. The summed E-state index contributed by atoms with van der Waals surface area (Å²) < 4.78 is 0.842. The number of ketones is 1. The number of halogens is 1. The minimum atomic E-state index is -1.99. The molecule has 0 bridgehead atoms. The molecule has 0 spiro atoms. The SMILES string of the molecule is CC(=O)[C@H](CCCCN)NC(=O)CNC(=O)CNC(=O)[C@@H](NC(=O)[C@H](CO)NC(=O)[C@H](CCCCNC(=O)Cn1cc(Br)c(=O)[nH]c1=O)NC(=O)[C@H](CCCN=C(N)N)NC(=O)[C@H](C)NC(=O)[C@@H](NC(=O)[C@H](CCC(N)=O)NC(=O)[C@H](CCCCN)NC(=O)[C@@H](NC(=O)[C@H](CCCN=C(N)N)NC(=O)[C@H](C)N)[C@@H](C)O)[C@@H](C)O)[C@@H](C)O. The van der Waals surface area contributed by atoms with E-state index in [2.05, 4.69) is 100 Å². The van der Waals surface area contributed by atoms with Gasteiger partial charge in [0.1, 0.15) is 67.0 Å². The Labute approximate surface area is 675 Å². The van der Waals surface area contributed by atoms with Crippen molar-refractivity contribution in [3.8, 4) is 0 Å². The predicted octanol–water partition coefficient (Wildman–Crippen LogP) is -13.1. The third-order valence-corrected chi connectivity index (χ3v) is 17.6. The van der Waals surface area contributed by atoms with E-state index >= 15 is 0 Å². The monoisotopic (exact) mass is 1720 g/mol. The first-order valence-electron chi connectivity index (χ1n) is 37.3. The number of nitrogens with one attached hydrogen (secondary N) is 15. The average molecular weight is 1720 g/mol. The van der Waals surface area contributed by atoms with Crippen molar-refractivity contribution < 1.29 is 97.1 Å². The molecule has 15 amide bonds. The number of unbranched alkanes of at least 4 members (excludes halogenated alkanes) is 3. The fourth-order valence-corrected chi connectivity index (χ4v) is 10.8. The van der Waals surface area contributed by atoms with Crippen LogP contribution in [-0.2, 0) is 83.3 Å². The molecule has 1 aromatic rings. The zero-order chi connectivity index (χ0) is 88.1. The van der Waals surface area contributed by atoms with Crippen LogP contribution in [-0.4, -0.2) is 280 Å². The van der Waals surface area contributed by atoms with Gasteiger partial charge in [0.25, 0.3) is 5.56 Å². The van der Waals surface area contributed by atoms with Crippen molar-refractivity contribution in [2.24, 2.45) is 55.9 Å². The van der Waals surface area contributed by atoms with Gasteiger partial charge < -0.3 is 141 Å². The fraction of sp³-hybridized carbons (Fsp3) is 0.672. The quantitative estimate of drug-likeness (QED) is 0.0164. The largest absolute Gasteiger partial charge is 0.394 e. The lowest BCUT2D eigenvalue weighted by molar-refractivity contribution is -0.138. The first kappa shape index (κ1) is 103. The molecule has 35 N–H and O–H groups in total. The molecule has 1 heterocycles. The van der Waals surface area contributed by atoms with Crippen LogP contribution in [0.4, 0.5) is 0 Å². The van der Waals surface area contributed by atoms with E-state index in [9.17, 15) is 107 Å². The Balaban J connectivity index is 3.64. The van der Waals surface area contributed by atoms with Crippen LogP contribution in [0.25, 0.3) is 0 Å². The topological polar surface area (TPSA) is 810 Å². The third kappa shape index (κ3) is 40.9. The first-order valence-corrected chi connectivity index (χ1v) is 38.1. The number of aliphatic imine (C=N–C) groups is 2. The maximum Gasteiger partial charge on any atom is 0.328 e. The van der Waals surface area contributed by atoms with Crippen molar-refractivity contribution >= 4 is 122 Å². The highest BCUT2D eigenvalue weighted by atomic mass is 79.9. The molecule has 116 heavy (non-hydrogen) atoms. The van der Waals surface area contributed by atoms with Gasteiger partial charge in [-0.15, -0.1) is 0 Å². The number of primary amides is 1. The zero-order valence-electron chi connectivity index (χ0n) is 65.7. The Morgan fingerprint density at radius 3 is 1.28 bits per heavy atom. The van der Waals surface area contributed by atoms with E-state index in [-0.39, 0.29) is 106 Å². The molecule has 0 aliphatic heterocycles. The lowest BCUT2D eigenvalue weighted by Gasteiger charge is -2.29. The van der Waals surface area contributed by atoms with E-state index in [0.29, 0.717) is 32.2 Å². The van der Waals surface area contributed by atoms with Crippen LogP contribution in [0.1, 0.15) is 138 Å². The second-order valence-corrected chi connectivity index (χ2v) is 28.0. The van der Waals surface area contributed by atoms with Crippen LogP contribution in [0.3, 0.4) is 0 Å². The van der Waals surface area contributed by atoms with Crippen molar-refractivity contribution in [3.63, 3.8) is 0 Å². The summed E-state index contributed by atoms with van der Waals surface area (Å²) in [5.74, 6) is -16.6. The standard InChI is InChI=1S/C67H117BrN26O22/c1-32(71)53(104)84-43(19-14-26-79-66(75)76)59(110)92-52(37(6)99)64(115)88-41(16-8-11-23-70)56(107)87-44(20-21-46(72)100)60(111)91-51(36(5)98)63(114)82-33(2)54(105)85-42(18-13-25-78-65(73)74)57(108)86-40(17-9-12-24-77-49(103)30-94-29-38(68)55(106)93-67(94)116)58(109)89-45(31-95)61(112)90-50(35(4)97)62(113)81-27-47(101)80-28-48(102)83-39(34(3)96)15-7-10-22-69/h29,32-33,35-37,39-45,50-52,95,97-99H,7-28,30-31,69-71H2,1-6H3,(H2,72,100)(H,77,103)(H,80,101)(H,81,113)(H,82,114)(H,83,102)(H,84,104)(H,85,105)(H,86,108)(H,87,107)(H,88,115)(H,89,109)(H,90,112)(H,91,111)(H,92,110)(H4,73,74,78)(H4,75,76,79)(H,93,106,116)/t32-,33-,35+,36+,37+,39-,40-,41-,42-,43-,44-,45-,50-,51-,52-/m0/s1. The number of H-pyrrole nitrogens is 1. The number of rotatable bonds is 57. The number of nitrogens with two attached hydrogens (primary N) is 8. The van der Waals surface area contributed by atoms with Gasteiger partial charge in [-0.2, -0.15) is 0 Å². The van der Waals surface area contributed by atoms with Crippen LogP contribution < -0.4 is 132 Å². The number of hydrogen-bond acceptors (Lipinski definition) is 27. The van der Waals surface area contributed by atoms with Gasteiger partial charge in [0.2, 0.25) is 88.6 Å². The van der Waals surface area contributed by atoms with E-state index in [4.69, 9.17) is 45.9 Å². The smallest absolute Gasteiger partial charge is 0.328 e. The number of aromatic nitrogens is 2. The number of nitrogens with zero attached hydrogens (tertiary/aromatic N) is 3. The van der Waals surface area contributed by atoms with Gasteiger partial charge in [-0.05, 0) is 160 Å². The number of carbonyl (C=O) groups is 16. The number of aromatic amines is 1. The summed E-state index contributed by atoms with van der Waals surface area (Å²) in [5, 5.41) is 75.8. The molecule has 0 aromatic carbocycles. The molecule has 0 saturated heterocycles. The van der Waals surface area contributed by atoms with Gasteiger partial charge in [-0.1, -0.05) is 0 Å². The summed E-state index contributed by atoms with van der Waals surface area (Å²) >= 11 is 2.98. The maximum atomic E-state index is 14.5. The minimum Gasteiger partial charge on any atom is -0.394 e. The summed E-state index contributed by atoms with van der Waals surface area (Å²) in [7, 11) is 0. The van der Waals surface area contributed by atoms with E-state index in [1.54, 1.807) is 0 Å². The Bertz CT molecular complexity index is 3660. The van der Waals surface area contributed by atoms with Gasteiger partial charge in [-0.25, -0.2) is 4.79 Å². The number of hydrogen-bond donors (Lipinski definition) is 27. The van der Waals surface area contributed by atoms with Crippen LogP contribution >= 0.6 is 15.9 Å². The highest BCUT2D eigenvalue weighted by molar-refractivity contribution is 9.10. The second-order valence-electron chi connectivity index (χ2n) is 27.2. The lowest BCUT2D eigenvalue weighted by atomic mass is 10.0. The molecular weight excluding hydrogens is 1600 g/mol. The number of carbonyl (C=O) groups excluding carboxylic acids is 16. The number of Topliss-reactive ketones (excluding diaryl/α,β-unsaturated/α-hetero) is 1. The summed E-state index contributed by atoms with van der Waals surface area (Å²) in [6, 6.07) is -19.3. The van der Waals surface area contributed by atoms with Gasteiger partial charge in [0.15, 0.2) is 17.7 Å². The lowest BCUT2D eigenvalue weighted by Crippen LogP contribution is -2.62. The number of amides is 15. The molecular formula is C67H117BrN26O22. The average Bonchev–Trinajstić information content (AvgIpc) is 0.859. The van der Waals surface area contributed by atoms with Crippen molar-refractivity contribution in [2.75, 3.05) is 52.4 Å². The Kier molecular flexibility index (Phi) is 48.8. The van der Waals surface area contributed by atoms with Crippen LogP contribution in [0.2, 0.25) is 0 Å². The predicted molar refractivity (Wildman–Crippen MR) is 419 cm³/mol. The highest BCUT2D eigenvalue weighted by Gasteiger charge is 2.38. The molecule has 0 unspecified atom stereocenters. The number of aliphatic hydroxyl groups is 4. The van der Waals surface area contributed by atoms with Crippen molar-refractivity contribution in [1.29, 1.82) is 0 Å². The van der Waals surface area contributed by atoms with Crippen LogP contribution in [0, 0.1) is 0 Å². The van der Waals surface area contributed by atoms with Crippen LogP contribution in [0.5, 0.6) is 0 Å². The van der Waals surface area contributed by atoms with Crippen molar-refractivity contribution in [1.82, 2.24) is 84.0 Å². The molecule has 0 fully saturated rings. The van der Waals surface area contributed by atoms with Crippen molar-refractivity contribution in [2.45, 2.75) is 235 Å². The minimum absolute atomic E-state index is 0.0304. The van der Waals surface area contributed by atoms with E-state index in [0.717, 1.165) is 38.5 Å². The molecule has 15 atom stereocenters. The maximum absolute atomic E-state index is 14.5. The fourth-order valence-electron chi connectivity index (χ4n) is 10.5. The molecule has 1 aromatic heterocycles. The van der Waals surface area contributed by atoms with E-state index in [1.165, 1.54) is 13.8 Å². The Morgan fingerprint density at radius 2 is 0.836 bits per heavy atom. The van der Waals surface area contributed by atoms with Gasteiger partial charge >= 0.3 is 5.69 Å². The zero-order valence-corrected chi connectivity index (χ0v) is 67.3. The normalized spacial score (nSPS) is 14.9. The summed E-state index contributed by atoms with van der Waals surface area (Å²) in [4.78, 5) is 249. The summed E-state index contributed by atoms with van der Waals surface area (Å²) in [5.41, 5.74) is 42.6. The molecule has 49 heteroatoms. The van der Waals surface area contributed by atoms with Crippen molar-refractivity contribution in [3.05, 3.63) is 31.5 Å².